The second kappa shape index (κ2) is 8.47. The van der Waals surface area contributed by atoms with E-state index in [1.165, 1.54) is 0 Å². The Morgan fingerprint density at radius 3 is 2.21 bits per heavy atom. The number of carboxylic acid groups (broad SMARTS) is 1. The van der Waals surface area contributed by atoms with Crippen LogP contribution in [-0.4, -0.2) is 35.0 Å². The average molecular weight is 273 g/mol. The summed E-state index contributed by atoms with van der Waals surface area (Å²) in [6.07, 6.45) is 1.81. The third kappa shape index (κ3) is 8.15. The van der Waals surface area contributed by atoms with Crippen molar-refractivity contribution in [3.8, 4) is 0 Å². The molecule has 19 heavy (non-hydrogen) atoms. The zero-order valence-corrected chi connectivity index (χ0v) is 11.4. The molecular formula is C12H23N3O4. The number of rotatable bonds is 9. The highest BCUT2D eigenvalue weighted by Crippen LogP contribution is 2.09. The number of nitrogens with two attached hydrogens (primary N) is 2. The molecule has 7 heteroatoms. The van der Waals surface area contributed by atoms with E-state index in [0.29, 0.717) is 6.42 Å². The van der Waals surface area contributed by atoms with Crippen LogP contribution in [0.2, 0.25) is 0 Å². The molecular weight excluding hydrogens is 250 g/mol. The summed E-state index contributed by atoms with van der Waals surface area (Å²) in [6.45, 7) is 3.59. The Morgan fingerprint density at radius 1 is 1.21 bits per heavy atom. The Morgan fingerprint density at radius 2 is 1.79 bits per heavy atom. The van der Waals surface area contributed by atoms with Gasteiger partial charge < -0.3 is 21.9 Å². The fourth-order valence-electron chi connectivity index (χ4n) is 1.59. The lowest BCUT2D eigenvalue weighted by Gasteiger charge is -2.17. The highest BCUT2D eigenvalue weighted by atomic mass is 16.4. The van der Waals surface area contributed by atoms with Gasteiger partial charge in [-0.2, -0.15) is 0 Å². The third-order valence-corrected chi connectivity index (χ3v) is 2.76. The van der Waals surface area contributed by atoms with Gasteiger partial charge in [-0.25, -0.2) is 4.79 Å². The number of nitrogens with one attached hydrogen (secondary N) is 1. The molecule has 0 aliphatic heterocycles. The van der Waals surface area contributed by atoms with Gasteiger partial charge in [0.2, 0.25) is 11.8 Å². The molecule has 0 rings (SSSR count). The van der Waals surface area contributed by atoms with Crippen molar-refractivity contribution < 1.29 is 19.5 Å². The molecule has 0 saturated carbocycles. The molecule has 2 amide bonds. The van der Waals surface area contributed by atoms with Crippen molar-refractivity contribution >= 4 is 17.8 Å². The maximum absolute atomic E-state index is 11.8. The van der Waals surface area contributed by atoms with Crippen LogP contribution in [0.1, 0.15) is 39.5 Å². The van der Waals surface area contributed by atoms with Gasteiger partial charge >= 0.3 is 5.97 Å². The largest absolute Gasteiger partial charge is 0.480 e. The van der Waals surface area contributed by atoms with Crippen LogP contribution < -0.4 is 16.8 Å². The maximum atomic E-state index is 11.8. The first-order valence-electron chi connectivity index (χ1n) is 6.31. The molecule has 0 saturated heterocycles. The van der Waals surface area contributed by atoms with E-state index in [2.05, 4.69) is 5.32 Å². The molecule has 0 aromatic rings. The van der Waals surface area contributed by atoms with E-state index in [-0.39, 0.29) is 12.0 Å². The van der Waals surface area contributed by atoms with Crippen LogP contribution in [0, 0.1) is 5.92 Å². The summed E-state index contributed by atoms with van der Waals surface area (Å²) in [5, 5.41) is 11.2. The number of aliphatic carboxylic acids is 1. The molecule has 6 N–H and O–H groups in total. The Balaban J connectivity index is 4.23. The van der Waals surface area contributed by atoms with Crippen molar-refractivity contribution in [1.29, 1.82) is 0 Å². The number of carboxylic acids is 1. The molecule has 0 aliphatic carbocycles. The maximum Gasteiger partial charge on any atom is 0.326 e. The van der Waals surface area contributed by atoms with Gasteiger partial charge in [-0.15, -0.1) is 0 Å². The number of hydrogen-bond acceptors (Lipinski definition) is 4. The van der Waals surface area contributed by atoms with E-state index in [1.807, 2.05) is 6.92 Å². The molecule has 0 radical (unpaired) electrons. The fourth-order valence-corrected chi connectivity index (χ4v) is 1.59. The van der Waals surface area contributed by atoms with Crippen LogP contribution >= 0.6 is 0 Å². The number of primary amides is 1. The first-order valence-corrected chi connectivity index (χ1v) is 6.31. The van der Waals surface area contributed by atoms with Crippen molar-refractivity contribution in [1.82, 2.24) is 5.32 Å². The molecule has 0 heterocycles. The molecule has 110 valence electrons. The van der Waals surface area contributed by atoms with Crippen molar-refractivity contribution in [2.75, 3.05) is 0 Å². The van der Waals surface area contributed by atoms with E-state index in [4.69, 9.17) is 16.6 Å². The summed E-state index contributed by atoms with van der Waals surface area (Å²) in [6, 6.07) is -1.18. The van der Waals surface area contributed by atoms with E-state index >= 15 is 0 Å². The smallest absolute Gasteiger partial charge is 0.326 e. The lowest BCUT2D eigenvalue weighted by Crippen LogP contribution is -2.45. The summed E-state index contributed by atoms with van der Waals surface area (Å²) >= 11 is 0. The second-order valence-corrected chi connectivity index (χ2v) is 4.88. The third-order valence-electron chi connectivity index (χ3n) is 2.76. The van der Waals surface area contributed by atoms with Crippen LogP contribution in [-0.2, 0) is 14.4 Å². The van der Waals surface area contributed by atoms with E-state index in [1.54, 1.807) is 6.92 Å². The van der Waals surface area contributed by atoms with Crippen molar-refractivity contribution in [2.45, 2.75) is 51.6 Å². The molecule has 3 atom stereocenters. The SMILES string of the molecule is CC(N)CCCC(C)C(=O)NC(CC(N)=O)C(=O)O. The van der Waals surface area contributed by atoms with Crippen molar-refractivity contribution in [2.24, 2.45) is 17.4 Å². The molecule has 3 unspecified atom stereocenters. The van der Waals surface area contributed by atoms with E-state index < -0.39 is 30.2 Å². The highest BCUT2D eigenvalue weighted by Gasteiger charge is 2.24. The zero-order valence-electron chi connectivity index (χ0n) is 11.4. The molecule has 0 spiro atoms. The average Bonchev–Trinajstić information content (AvgIpc) is 2.26. The minimum atomic E-state index is -1.27. The molecule has 7 nitrogen and oxygen atoms in total. The molecule has 0 aromatic heterocycles. The van der Waals surface area contributed by atoms with E-state index in [9.17, 15) is 14.4 Å². The van der Waals surface area contributed by atoms with Gasteiger partial charge in [0.1, 0.15) is 6.04 Å². The number of amides is 2. The molecule has 0 aliphatic rings. The predicted molar refractivity (Wildman–Crippen MR) is 70.0 cm³/mol. The van der Waals surface area contributed by atoms with Crippen molar-refractivity contribution in [3.63, 3.8) is 0 Å². The Labute approximate surface area is 112 Å². The highest BCUT2D eigenvalue weighted by molar-refractivity contribution is 5.88. The van der Waals surface area contributed by atoms with Crippen LogP contribution in [0.15, 0.2) is 0 Å². The molecule has 0 fully saturated rings. The van der Waals surface area contributed by atoms with Gasteiger partial charge in [-0.1, -0.05) is 13.3 Å². The summed E-state index contributed by atoms with van der Waals surface area (Å²) < 4.78 is 0. The van der Waals surface area contributed by atoms with Gasteiger partial charge in [-0.3, -0.25) is 9.59 Å². The quantitative estimate of drug-likeness (QED) is 0.452. The Hall–Kier alpha value is -1.63. The van der Waals surface area contributed by atoms with Crippen LogP contribution in [0.25, 0.3) is 0 Å². The van der Waals surface area contributed by atoms with E-state index in [0.717, 1.165) is 12.8 Å². The first-order chi connectivity index (χ1) is 8.73. The van der Waals surface area contributed by atoms with Crippen LogP contribution in [0.3, 0.4) is 0 Å². The van der Waals surface area contributed by atoms with Gasteiger partial charge in [-0.05, 0) is 19.8 Å². The topological polar surface area (TPSA) is 136 Å². The standard InChI is InChI=1S/C12H23N3O4/c1-7(4-3-5-8(2)13)11(17)15-9(12(18)19)6-10(14)16/h7-9H,3-6,13H2,1-2H3,(H2,14,16)(H,15,17)(H,18,19). The molecule has 0 bridgehead atoms. The summed E-state index contributed by atoms with van der Waals surface area (Å²) in [5.74, 6) is -2.75. The number of hydrogen-bond donors (Lipinski definition) is 4. The van der Waals surface area contributed by atoms with Gasteiger partial charge in [0.25, 0.3) is 0 Å². The summed E-state index contributed by atoms with van der Waals surface area (Å²) in [4.78, 5) is 33.3. The summed E-state index contributed by atoms with van der Waals surface area (Å²) in [7, 11) is 0. The Kier molecular flexibility index (Phi) is 7.74. The number of carbonyl (C=O) groups excluding carboxylic acids is 2. The normalized spacial score (nSPS) is 15.3. The number of carbonyl (C=O) groups is 3. The van der Waals surface area contributed by atoms with Crippen molar-refractivity contribution in [3.05, 3.63) is 0 Å². The van der Waals surface area contributed by atoms with Crippen LogP contribution in [0.5, 0.6) is 0 Å². The Bertz CT molecular complexity index is 331. The first kappa shape index (κ1) is 17.4. The lowest BCUT2D eigenvalue weighted by atomic mass is 10.0. The van der Waals surface area contributed by atoms with Gasteiger partial charge in [0, 0.05) is 12.0 Å². The zero-order chi connectivity index (χ0) is 15.0. The fraction of sp³-hybridized carbons (Fsp3) is 0.750. The minimum absolute atomic E-state index is 0.0805. The molecule has 0 aromatic carbocycles. The summed E-state index contributed by atoms with van der Waals surface area (Å²) in [5.41, 5.74) is 10.5. The van der Waals surface area contributed by atoms with Crippen LogP contribution in [0.4, 0.5) is 0 Å². The second-order valence-electron chi connectivity index (χ2n) is 4.88. The van der Waals surface area contributed by atoms with Gasteiger partial charge in [0.15, 0.2) is 0 Å². The predicted octanol–water partition coefficient (Wildman–Crippen LogP) is -0.415. The monoisotopic (exact) mass is 273 g/mol. The lowest BCUT2D eigenvalue weighted by molar-refractivity contribution is -0.143. The minimum Gasteiger partial charge on any atom is -0.480 e. The van der Waals surface area contributed by atoms with Gasteiger partial charge in [0.05, 0.1) is 6.42 Å².